The van der Waals surface area contributed by atoms with Gasteiger partial charge in [0.25, 0.3) is 0 Å². The van der Waals surface area contributed by atoms with Gasteiger partial charge in [-0.2, -0.15) is 0 Å². The van der Waals surface area contributed by atoms with Gasteiger partial charge in [0.2, 0.25) is 0 Å². The summed E-state index contributed by atoms with van der Waals surface area (Å²) in [4.78, 5) is 8.84. The van der Waals surface area contributed by atoms with E-state index in [1.54, 1.807) is 7.11 Å². The molecule has 1 fully saturated rings. The van der Waals surface area contributed by atoms with Crippen LogP contribution in [0.25, 0.3) is 0 Å². The van der Waals surface area contributed by atoms with Crippen molar-refractivity contribution in [1.29, 1.82) is 0 Å². The molecule has 3 nitrogen and oxygen atoms in total. The number of nitrogens with zero attached hydrogens (tertiary/aromatic N) is 2. The van der Waals surface area contributed by atoms with Crippen LogP contribution in [0.3, 0.4) is 0 Å². The first-order chi connectivity index (χ1) is 8.20. The minimum absolute atomic E-state index is 0.101. The van der Waals surface area contributed by atoms with Gasteiger partial charge in [0.15, 0.2) is 5.82 Å². The molecule has 1 heterocycles. The highest BCUT2D eigenvalue weighted by molar-refractivity contribution is 6.29. The van der Waals surface area contributed by atoms with Crippen molar-refractivity contribution in [1.82, 2.24) is 9.97 Å². The third-order valence-electron chi connectivity index (χ3n) is 3.47. The van der Waals surface area contributed by atoms with E-state index in [9.17, 15) is 0 Å². The molecule has 0 N–H and O–H groups in total. The second kappa shape index (κ2) is 5.78. The summed E-state index contributed by atoms with van der Waals surface area (Å²) in [5.41, 5.74) is 1.09. The lowest BCUT2D eigenvalue weighted by Gasteiger charge is -2.22. The Hall–Kier alpha value is -0.670. The summed E-state index contributed by atoms with van der Waals surface area (Å²) in [6.07, 6.45) is 6.26. The zero-order valence-corrected chi connectivity index (χ0v) is 11.2. The molecule has 2 rings (SSSR count). The minimum atomic E-state index is -0.101. The van der Waals surface area contributed by atoms with Crippen LogP contribution in [0.15, 0.2) is 6.07 Å². The molecule has 1 aromatic rings. The Morgan fingerprint density at radius 1 is 1.29 bits per heavy atom. The Bertz CT molecular complexity index is 378. The van der Waals surface area contributed by atoms with E-state index < -0.39 is 0 Å². The number of ether oxygens (including phenoxy) is 1. The van der Waals surface area contributed by atoms with Crippen molar-refractivity contribution in [2.45, 2.75) is 51.0 Å². The molecule has 4 heteroatoms. The molecule has 0 aliphatic heterocycles. The average molecular weight is 255 g/mol. The van der Waals surface area contributed by atoms with Gasteiger partial charge < -0.3 is 4.74 Å². The number of methoxy groups -OCH3 is 1. The maximum Gasteiger partial charge on any atom is 0.158 e. The summed E-state index contributed by atoms with van der Waals surface area (Å²) in [5.74, 6) is 1.24. The molecule has 17 heavy (non-hydrogen) atoms. The first-order valence-corrected chi connectivity index (χ1v) is 6.65. The summed E-state index contributed by atoms with van der Waals surface area (Å²) in [6.45, 7) is 1.94. The van der Waals surface area contributed by atoms with Gasteiger partial charge in [0.05, 0.1) is 0 Å². The Labute approximate surface area is 108 Å². The van der Waals surface area contributed by atoms with Crippen molar-refractivity contribution in [3.63, 3.8) is 0 Å². The largest absolute Gasteiger partial charge is 0.374 e. The molecule has 1 aliphatic carbocycles. The molecule has 0 saturated heterocycles. The summed E-state index contributed by atoms with van der Waals surface area (Å²) in [6, 6.07) is 1.91. The zero-order chi connectivity index (χ0) is 12.3. The Morgan fingerprint density at radius 2 is 2.00 bits per heavy atom. The Kier molecular flexibility index (Phi) is 4.35. The number of hydrogen-bond donors (Lipinski definition) is 0. The van der Waals surface area contributed by atoms with Crippen LogP contribution in [0.1, 0.15) is 62.6 Å². The van der Waals surface area contributed by atoms with E-state index in [0.29, 0.717) is 16.9 Å². The first-order valence-electron chi connectivity index (χ1n) is 6.28. The smallest absolute Gasteiger partial charge is 0.158 e. The van der Waals surface area contributed by atoms with Gasteiger partial charge in [-0.3, -0.25) is 0 Å². The number of halogens is 1. The van der Waals surface area contributed by atoms with E-state index in [1.807, 2.05) is 13.0 Å². The first kappa shape index (κ1) is 12.8. The van der Waals surface area contributed by atoms with E-state index >= 15 is 0 Å². The fraction of sp³-hybridized carbons (Fsp3) is 0.692. The lowest BCUT2D eigenvalue weighted by atomic mass is 9.87. The fourth-order valence-corrected chi connectivity index (χ4v) is 2.55. The van der Waals surface area contributed by atoms with Gasteiger partial charge in [0.1, 0.15) is 11.3 Å². The molecular weight excluding hydrogens is 236 g/mol. The molecular formula is C13H19ClN2O. The fourth-order valence-electron chi connectivity index (χ4n) is 2.35. The second-order valence-electron chi connectivity index (χ2n) is 4.69. The summed E-state index contributed by atoms with van der Waals surface area (Å²) < 4.78 is 5.25. The van der Waals surface area contributed by atoms with E-state index in [-0.39, 0.29) is 6.10 Å². The van der Waals surface area contributed by atoms with Crippen molar-refractivity contribution < 1.29 is 4.74 Å². The van der Waals surface area contributed by atoms with Crippen molar-refractivity contribution >= 4 is 11.6 Å². The van der Waals surface area contributed by atoms with Crippen LogP contribution in [0, 0.1) is 0 Å². The maximum atomic E-state index is 6.06. The average Bonchev–Trinajstić information content (AvgIpc) is 2.38. The normalized spacial score (nSPS) is 19.2. The van der Waals surface area contributed by atoms with E-state index in [0.717, 1.165) is 5.69 Å². The van der Waals surface area contributed by atoms with Crippen LogP contribution in [-0.4, -0.2) is 17.1 Å². The zero-order valence-electron chi connectivity index (χ0n) is 10.4. The van der Waals surface area contributed by atoms with E-state index in [2.05, 4.69) is 9.97 Å². The van der Waals surface area contributed by atoms with Gasteiger partial charge in [0, 0.05) is 18.7 Å². The quantitative estimate of drug-likeness (QED) is 0.768. The molecule has 1 atom stereocenters. The van der Waals surface area contributed by atoms with Crippen LogP contribution in [0.4, 0.5) is 0 Å². The van der Waals surface area contributed by atoms with E-state index in [4.69, 9.17) is 16.3 Å². The van der Waals surface area contributed by atoms with Crippen LogP contribution in [0.2, 0.25) is 5.15 Å². The highest BCUT2D eigenvalue weighted by Crippen LogP contribution is 2.32. The van der Waals surface area contributed by atoms with Gasteiger partial charge in [-0.05, 0) is 25.8 Å². The molecule has 0 bridgehead atoms. The molecule has 1 aromatic heterocycles. The van der Waals surface area contributed by atoms with Crippen molar-refractivity contribution in [2.75, 3.05) is 7.11 Å². The number of hydrogen-bond acceptors (Lipinski definition) is 3. The van der Waals surface area contributed by atoms with Crippen LogP contribution in [0.5, 0.6) is 0 Å². The molecule has 0 amide bonds. The Morgan fingerprint density at radius 3 is 2.65 bits per heavy atom. The van der Waals surface area contributed by atoms with Gasteiger partial charge in [-0.25, -0.2) is 9.97 Å². The van der Waals surface area contributed by atoms with Gasteiger partial charge in [-0.1, -0.05) is 30.9 Å². The third kappa shape index (κ3) is 3.17. The minimum Gasteiger partial charge on any atom is -0.374 e. The third-order valence-corrected chi connectivity index (χ3v) is 3.67. The molecule has 0 radical (unpaired) electrons. The highest BCUT2D eigenvalue weighted by atomic mass is 35.5. The van der Waals surface area contributed by atoms with Crippen LogP contribution >= 0.6 is 11.6 Å². The van der Waals surface area contributed by atoms with Crippen molar-refractivity contribution in [3.05, 3.63) is 22.7 Å². The molecule has 1 saturated carbocycles. The van der Waals surface area contributed by atoms with Gasteiger partial charge in [-0.15, -0.1) is 0 Å². The number of aromatic nitrogens is 2. The second-order valence-corrected chi connectivity index (χ2v) is 5.07. The maximum absolute atomic E-state index is 6.06. The molecule has 1 aliphatic rings. The van der Waals surface area contributed by atoms with Crippen LogP contribution in [-0.2, 0) is 4.74 Å². The monoisotopic (exact) mass is 254 g/mol. The van der Waals surface area contributed by atoms with Gasteiger partial charge >= 0.3 is 0 Å². The molecule has 1 unspecified atom stereocenters. The van der Waals surface area contributed by atoms with Crippen molar-refractivity contribution in [2.24, 2.45) is 0 Å². The highest BCUT2D eigenvalue weighted by Gasteiger charge is 2.19. The predicted molar refractivity (Wildman–Crippen MR) is 68.3 cm³/mol. The molecule has 0 aromatic carbocycles. The summed E-state index contributed by atoms with van der Waals surface area (Å²) in [7, 11) is 1.66. The lowest BCUT2D eigenvalue weighted by molar-refractivity contribution is 0.111. The summed E-state index contributed by atoms with van der Waals surface area (Å²) >= 11 is 6.06. The SMILES string of the molecule is COC(C)c1nc(Cl)cc(C2CCCCC2)n1. The van der Waals surface area contributed by atoms with Crippen LogP contribution < -0.4 is 0 Å². The summed E-state index contributed by atoms with van der Waals surface area (Å²) in [5, 5.41) is 0.527. The predicted octanol–water partition coefficient (Wildman–Crippen LogP) is 3.89. The Balaban J connectivity index is 2.24. The van der Waals surface area contributed by atoms with E-state index in [1.165, 1.54) is 32.1 Å². The molecule has 94 valence electrons. The molecule has 0 spiro atoms. The lowest BCUT2D eigenvalue weighted by Crippen LogP contribution is -2.11. The van der Waals surface area contributed by atoms with Crippen molar-refractivity contribution in [3.8, 4) is 0 Å². The standard InChI is InChI=1S/C13H19ClN2O/c1-9(17-2)13-15-11(8-12(14)16-13)10-6-4-3-5-7-10/h8-10H,3-7H2,1-2H3. The number of rotatable bonds is 3. The topological polar surface area (TPSA) is 35.0 Å².